The van der Waals surface area contributed by atoms with E-state index in [1.165, 1.54) is 33.0 Å². The van der Waals surface area contributed by atoms with Crippen LogP contribution in [-0.2, 0) is 32.3 Å². The highest BCUT2D eigenvalue weighted by Crippen LogP contribution is 2.38. The molecule has 13 nitrogen and oxygen atoms in total. The average molecular weight is 1020 g/mol. The smallest absolute Gasteiger partial charge is 0.339 e. The number of pyridine rings is 2. The Balaban J connectivity index is 0. The number of aromatic nitrogens is 2. The number of hydrogen-bond acceptors (Lipinski definition) is 12. The number of nitriles is 1. The fourth-order valence-electron chi connectivity index (χ4n) is 6.97. The van der Waals surface area contributed by atoms with E-state index < -0.39 is 14.3 Å². The molecule has 2 aromatic heterocycles. The summed E-state index contributed by atoms with van der Waals surface area (Å²) in [6.07, 6.45) is 19.1. The van der Waals surface area contributed by atoms with Crippen LogP contribution in [0.5, 0.6) is 0 Å². The number of esters is 2. The van der Waals surface area contributed by atoms with E-state index in [2.05, 4.69) is 54.8 Å². The van der Waals surface area contributed by atoms with Crippen molar-refractivity contribution in [1.82, 2.24) is 4.98 Å². The van der Waals surface area contributed by atoms with Crippen molar-refractivity contribution in [2.24, 2.45) is 47.7 Å². The number of aliphatic hydroxyl groups is 3. The normalized spacial score (nSPS) is 21.9. The quantitative estimate of drug-likeness (QED) is 0.0352. The van der Waals surface area contributed by atoms with Gasteiger partial charge < -0.3 is 58.4 Å². The van der Waals surface area contributed by atoms with Crippen molar-refractivity contribution in [1.29, 1.82) is 5.26 Å². The van der Waals surface area contributed by atoms with E-state index in [0.717, 1.165) is 82.4 Å². The summed E-state index contributed by atoms with van der Waals surface area (Å²) < 4.78 is 17.5. The second-order valence-electron chi connectivity index (χ2n) is 17.5. The minimum absolute atomic E-state index is 0. The summed E-state index contributed by atoms with van der Waals surface area (Å²) in [5.41, 5.74) is 0.946. The Morgan fingerprint density at radius 1 is 0.952 bits per heavy atom. The van der Waals surface area contributed by atoms with Gasteiger partial charge in [-0.3, -0.25) is 9.78 Å². The van der Waals surface area contributed by atoms with Crippen molar-refractivity contribution in [3.63, 3.8) is 0 Å². The lowest BCUT2D eigenvalue weighted by atomic mass is 9.82. The zero-order valence-corrected chi connectivity index (χ0v) is 41.7. The van der Waals surface area contributed by atoms with Crippen LogP contribution in [0, 0.1) is 46.8 Å². The fourth-order valence-corrected chi connectivity index (χ4v) is 8.19. The molecule has 6 unspecified atom stereocenters. The van der Waals surface area contributed by atoms with E-state index in [1.54, 1.807) is 12.3 Å². The number of aliphatic hydroxyl groups excluding tert-OH is 3. The highest BCUT2D eigenvalue weighted by Gasteiger charge is 2.38. The molecule has 16 heteroatoms. The van der Waals surface area contributed by atoms with Crippen LogP contribution in [0.2, 0.25) is 23.3 Å². The predicted molar refractivity (Wildman–Crippen MR) is 242 cm³/mol. The van der Waals surface area contributed by atoms with E-state index in [1.807, 2.05) is 36.0 Å². The average Bonchev–Trinajstić information content (AvgIpc) is 3.27. The second-order valence-corrected chi connectivity index (χ2v) is 22.7. The van der Waals surface area contributed by atoms with Crippen molar-refractivity contribution >= 4 is 38.1 Å². The summed E-state index contributed by atoms with van der Waals surface area (Å²) in [5.74, 6) is 1.54. The molecular weight excluding hydrogens is 943 g/mol. The van der Waals surface area contributed by atoms with Gasteiger partial charge in [0.2, 0.25) is 0 Å². The first kappa shape index (κ1) is 61.4. The Kier molecular flexibility index (Phi) is 33.4. The lowest BCUT2D eigenvalue weighted by molar-refractivity contribution is -0.669. The molecule has 2 aromatic rings. The molecule has 62 heavy (non-hydrogen) atoms. The molecule has 0 aromatic carbocycles. The Morgan fingerprint density at radius 2 is 1.56 bits per heavy atom. The molecule has 0 bridgehead atoms. The largest absolute Gasteiger partial charge is 1.00 e. The molecule has 0 saturated heterocycles. The number of carbonyl (C=O) groups excluding carboxylic acids is 2. The van der Waals surface area contributed by atoms with Crippen LogP contribution in [0.25, 0.3) is 0 Å². The summed E-state index contributed by atoms with van der Waals surface area (Å²) in [4.78, 5) is 26.3. The van der Waals surface area contributed by atoms with E-state index >= 15 is 0 Å². The number of methoxy groups -OCH3 is 2. The Labute approximate surface area is 395 Å². The third-order valence-electron chi connectivity index (χ3n) is 11.8. The highest BCUT2D eigenvalue weighted by molar-refractivity contribution is 6.74. The number of carbonyl (C=O) groups is 2. The maximum atomic E-state index is 11.6. The first-order valence-electron chi connectivity index (χ1n) is 21.2. The van der Waals surface area contributed by atoms with Crippen LogP contribution in [0.3, 0.4) is 0 Å². The van der Waals surface area contributed by atoms with Crippen LogP contribution in [0.1, 0.15) is 121 Å². The molecule has 4 N–H and O–H groups in total. The molecule has 3 aliphatic rings. The summed E-state index contributed by atoms with van der Waals surface area (Å²) in [5, 5.41) is 47.3. The molecule has 0 aliphatic heterocycles. The van der Waals surface area contributed by atoms with Crippen molar-refractivity contribution in [2.45, 2.75) is 130 Å². The molecule has 354 valence electrons. The van der Waals surface area contributed by atoms with Crippen LogP contribution in [-0.4, -0.2) is 86.0 Å². The van der Waals surface area contributed by atoms with E-state index in [0.29, 0.717) is 34.8 Å². The number of ether oxygens (including phenoxy) is 2. The van der Waals surface area contributed by atoms with Crippen LogP contribution in [0.15, 0.2) is 48.0 Å². The second kappa shape index (κ2) is 33.7. The van der Waals surface area contributed by atoms with Gasteiger partial charge in [-0.15, -0.1) is 5.16 Å². The summed E-state index contributed by atoms with van der Waals surface area (Å²) >= 11 is 5.67. The maximum absolute atomic E-state index is 11.6. The van der Waals surface area contributed by atoms with Crippen molar-refractivity contribution in [2.75, 3.05) is 34.0 Å². The molecule has 0 spiro atoms. The van der Waals surface area contributed by atoms with Crippen LogP contribution in [0.4, 0.5) is 0 Å². The lowest BCUT2D eigenvalue weighted by Gasteiger charge is -2.38. The molecule has 2 heterocycles. The van der Waals surface area contributed by atoms with Gasteiger partial charge in [0.05, 0.1) is 38.4 Å². The van der Waals surface area contributed by atoms with Crippen molar-refractivity contribution < 1.29 is 72.6 Å². The van der Waals surface area contributed by atoms with Gasteiger partial charge >= 0.3 is 11.9 Å². The first-order chi connectivity index (χ1) is 28.5. The van der Waals surface area contributed by atoms with E-state index in [9.17, 15) is 9.59 Å². The molecule has 5 rings (SSSR count). The van der Waals surface area contributed by atoms with Gasteiger partial charge in [-0.05, 0) is 129 Å². The maximum Gasteiger partial charge on any atom is 0.339 e. The summed E-state index contributed by atoms with van der Waals surface area (Å²) in [6.45, 7) is 12.6. The molecule has 6 atom stereocenters. The Bertz CT molecular complexity index is 1570. The number of hydrogen-bond donors (Lipinski definition) is 4. The standard InChI is InChI=1S/C15H30O3Si.C8H9NO3.C8H15NO2.C8H13NO.C6H7ClN.CH4.HI/c1-15(2,3)19(5,6)18-11-12-8-7-9-13(10-12)14(16)17-4;1-12-8(11)7-2-6(5-10)3-9-4-7;10-6-8-3-1-2-7(4-8)5-9-11;9-5-7-2-1-3-8(4-7)6-10;1-8-5-3-2-4-6(8)7;;/h12-13H,7-11H2,1-6H3;2-4,10H,5H2,1H3;5,7-8,10-11H,1-4,6H2;7-8,10H,1-4,6H2;2-5H,1H3;1H4;1H/q;;;;+1;;/p-1/b;;9-5+;;;;. The first-order valence-corrected chi connectivity index (χ1v) is 24.5. The predicted octanol–water partition coefficient (Wildman–Crippen LogP) is 5.71. The van der Waals surface area contributed by atoms with Crippen LogP contribution < -0.4 is 28.5 Å². The fraction of sp³-hybridized carbons (Fsp3) is 0.696. The van der Waals surface area contributed by atoms with Gasteiger partial charge in [0.1, 0.15) is 7.05 Å². The monoisotopic (exact) mass is 1020 g/mol. The minimum Gasteiger partial charge on any atom is -1.00 e. The van der Waals surface area contributed by atoms with E-state index in [-0.39, 0.29) is 74.1 Å². The van der Waals surface area contributed by atoms with Crippen molar-refractivity contribution in [3.05, 3.63) is 59.1 Å². The molecule has 3 aliphatic carbocycles. The number of nitrogens with zero attached hydrogens (tertiary/aromatic N) is 4. The van der Waals surface area contributed by atoms with Gasteiger partial charge in [-0.25, -0.2) is 4.79 Å². The zero-order chi connectivity index (χ0) is 45.1. The zero-order valence-electron chi connectivity index (χ0n) is 37.8. The minimum atomic E-state index is -1.66. The van der Waals surface area contributed by atoms with Gasteiger partial charge in [0.15, 0.2) is 14.5 Å². The summed E-state index contributed by atoms with van der Waals surface area (Å²) in [6, 6.07) is 9.49. The SMILES string of the molecule is C.COC(=O)C1CCCC(CO[Si](C)(C)C(C)(C)C)C1.COC(=O)c1cncc(CO)c1.C[n+]1ccccc1Cl.N#CC1CCCC(CO)C1.OCC1CCCC(/C=N/O)C1.[I-]. The number of rotatable bonds is 9. The molecule has 3 fully saturated rings. The highest BCUT2D eigenvalue weighted by atomic mass is 127. The summed E-state index contributed by atoms with van der Waals surface area (Å²) in [7, 11) is 3.03. The number of halogens is 2. The molecule has 0 radical (unpaired) electrons. The molecular formula is C46H78ClIN4O9Si. The number of oxime groups is 1. The van der Waals surface area contributed by atoms with Gasteiger partial charge in [0, 0.05) is 56.5 Å². The number of aryl methyl sites for hydroxylation is 1. The van der Waals surface area contributed by atoms with Gasteiger partial charge in [-0.1, -0.05) is 47.5 Å². The van der Waals surface area contributed by atoms with Gasteiger partial charge in [-0.2, -0.15) is 9.83 Å². The van der Waals surface area contributed by atoms with E-state index in [4.69, 9.17) is 46.6 Å². The van der Waals surface area contributed by atoms with Crippen molar-refractivity contribution in [3.8, 4) is 6.07 Å². The van der Waals surface area contributed by atoms with Crippen LogP contribution >= 0.6 is 11.6 Å². The third kappa shape index (κ3) is 24.4. The topological polar surface area (TPSA) is 196 Å². The van der Waals surface area contributed by atoms with Gasteiger partial charge in [0.25, 0.3) is 5.15 Å². The molecule has 0 amide bonds. The molecule has 3 saturated carbocycles. The third-order valence-corrected chi connectivity index (χ3v) is 16.7. The lowest BCUT2D eigenvalue weighted by Crippen LogP contribution is -3.00. The Morgan fingerprint density at radius 3 is 2.08 bits per heavy atom. The Hall–Kier alpha value is -2.72.